The van der Waals surface area contributed by atoms with Crippen LogP contribution >= 0.6 is 11.3 Å². The first-order chi connectivity index (χ1) is 15.5. The van der Waals surface area contributed by atoms with Gasteiger partial charge in [-0.3, -0.25) is 4.79 Å². The fourth-order valence-corrected chi connectivity index (χ4v) is 6.05. The zero-order valence-electron chi connectivity index (χ0n) is 17.9. The third-order valence-corrected chi connectivity index (χ3v) is 7.73. The highest BCUT2D eigenvalue weighted by Gasteiger charge is 2.33. The van der Waals surface area contributed by atoms with Crippen molar-refractivity contribution in [2.75, 3.05) is 30.3 Å². The van der Waals surface area contributed by atoms with Gasteiger partial charge in [-0.1, -0.05) is 6.07 Å². The van der Waals surface area contributed by atoms with E-state index in [4.69, 9.17) is 10.5 Å². The van der Waals surface area contributed by atoms with Gasteiger partial charge in [-0.25, -0.2) is 9.97 Å². The maximum absolute atomic E-state index is 12.9. The molecule has 5 heterocycles. The van der Waals surface area contributed by atoms with E-state index in [0.29, 0.717) is 39.6 Å². The number of nitrogens with one attached hydrogen (secondary N) is 2. The average Bonchev–Trinajstić information content (AvgIpc) is 3.30. The zero-order chi connectivity index (χ0) is 21.8. The lowest BCUT2D eigenvalue weighted by Gasteiger charge is -2.35. The number of piperazine rings is 1. The molecular formula is C23H26N6O2S. The van der Waals surface area contributed by atoms with E-state index in [1.807, 2.05) is 6.92 Å². The standard InChI is InChI=1S/C23H26N6O2S/c1-12-8-25-20-19(24)21(32-23(20)26-12)22(30)28-16-6-13-2-5-17(7-18(13)31-11-16)29-9-14-3-4-15(10-29)27-14/h2,5,7-8,14-16,27H,3-4,6,9-11,24H2,1H3,(H,28,30)/t14?,15?,16-/m0/s1. The molecule has 2 aromatic heterocycles. The molecule has 1 aromatic carbocycles. The molecule has 0 saturated carbocycles. The number of nitrogen functional groups attached to an aromatic ring is 1. The molecule has 2 bridgehead atoms. The number of ether oxygens (including phenoxy) is 1. The van der Waals surface area contributed by atoms with Crippen LogP contribution in [-0.4, -0.2) is 53.7 Å². The number of amides is 1. The fraction of sp³-hybridized carbons (Fsp3) is 0.435. The summed E-state index contributed by atoms with van der Waals surface area (Å²) >= 11 is 1.28. The molecule has 32 heavy (non-hydrogen) atoms. The van der Waals surface area contributed by atoms with Crippen LogP contribution in [0.2, 0.25) is 0 Å². The minimum absolute atomic E-state index is 0.108. The molecule has 2 fully saturated rings. The molecule has 0 radical (unpaired) electrons. The van der Waals surface area contributed by atoms with Crippen molar-refractivity contribution < 1.29 is 9.53 Å². The molecule has 2 saturated heterocycles. The lowest BCUT2D eigenvalue weighted by molar-refractivity contribution is 0.0920. The fourth-order valence-electron chi connectivity index (χ4n) is 5.05. The van der Waals surface area contributed by atoms with Crippen LogP contribution in [0.1, 0.15) is 33.8 Å². The summed E-state index contributed by atoms with van der Waals surface area (Å²) in [5.41, 5.74) is 10.3. The molecule has 8 nitrogen and oxygen atoms in total. The smallest absolute Gasteiger partial charge is 0.263 e. The number of carbonyl (C=O) groups is 1. The Kier molecular flexibility index (Phi) is 4.69. The Labute approximate surface area is 190 Å². The van der Waals surface area contributed by atoms with Gasteiger partial charge in [0.05, 0.1) is 17.4 Å². The molecule has 1 amide bonds. The predicted octanol–water partition coefficient (Wildman–Crippen LogP) is 2.26. The van der Waals surface area contributed by atoms with Crippen LogP contribution in [0.3, 0.4) is 0 Å². The molecule has 2 unspecified atom stereocenters. The topological polar surface area (TPSA) is 105 Å². The Balaban J connectivity index is 1.16. The van der Waals surface area contributed by atoms with Crippen molar-refractivity contribution in [3.05, 3.63) is 40.5 Å². The van der Waals surface area contributed by atoms with E-state index >= 15 is 0 Å². The van der Waals surface area contributed by atoms with Gasteiger partial charge in [-0.05, 0) is 37.8 Å². The van der Waals surface area contributed by atoms with E-state index in [0.717, 1.165) is 36.5 Å². The summed E-state index contributed by atoms with van der Waals surface area (Å²) in [5, 5.41) is 6.76. The molecule has 6 rings (SSSR count). The number of hydrogen-bond acceptors (Lipinski definition) is 8. The SMILES string of the molecule is Cc1cnc2c(N)c(C(=O)N[C@@H]3COc4cc(N5CC6CCC(C5)N6)ccc4C3)sc2n1. The Morgan fingerprint density at radius 2 is 2.12 bits per heavy atom. The molecule has 0 aliphatic carbocycles. The van der Waals surface area contributed by atoms with E-state index in [1.165, 1.54) is 29.9 Å². The second kappa shape index (κ2) is 7.60. The highest BCUT2D eigenvalue weighted by Crippen LogP contribution is 2.34. The van der Waals surface area contributed by atoms with Crippen LogP contribution in [0, 0.1) is 6.92 Å². The Morgan fingerprint density at radius 1 is 1.31 bits per heavy atom. The van der Waals surface area contributed by atoms with E-state index < -0.39 is 0 Å². The van der Waals surface area contributed by atoms with Gasteiger partial charge in [0, 0.05) is 43.1 Å². The number of fused-ring (bicyclic) bond motifs is 4. The first-order valence-corrected chi connectivity index (χ1v) is 11.9. The van der Waals surface area contributed by atoms with E-state index in [1.54, 1.807) is 6.20 Å². The number of benzene rings is 1. The summed E-state index contributed by atoms with van der Waals surface area (Å²) in [6, 6.07) is 7.56. The lowest BCUT2D eigenvalue weighted by Crippen LogP contribution is -2.51. The summed E-state index contributed by atoms with van der Waals surface area (Å²) in [5.74, 6) is 0.721. The van der Waals surface area contributed by atoms with Gasteiger partial charge in [-0.2, -0.15) is 0 Å². The Hall–Kier alpha value is -2.91. The second-order valence-corrected chi connectivity index (χ2v) is 10.0. The minimum atomic E-state index is -0.199. The van der Waals surface area contributed by atoms with Crippen molar-refractivity contribution in [3.8, 4) is 5.75 Å². The van der Waals surface area contributed by atoms with E-state index in [9.17, 15) is 4.79 Å². The summed E-state index contributed by atoms with van der Waals surface area (Å²) in [6.45, 7) is 4.41. The molecule has 3 aliphatic heterocycles. The van der Waals surface area contributed by atoms with Crippen molar-refractivity contribution >= 4 is 39.0 Å². The molecule has 0 spiro atoms. The number of rotatable bonds is 3. The van der Waals surface area contributed by atoms with Crippen LogP contribution < -0.4 is 26.0 Å². The van der Waals surface area contributed by atoms with E-state index in [-0.39, 0.29) is 11.9 Å². The van der Waals surface area contributed by atoms with Crippen LogP contribution in [0.5, 0.6) is 5.75 Å². The highest BCUT2D eigenvalue weighted by atomic mass is 32.1. The van der Waals surface area contributed by atoms with Crippen LogP contribution in [0.15, 0.2) is 24.4 Å². The number of aryl methyl sites for hydroxylation is 1. The first-order valence-electron chi connectivity index (χ1n) is 11.1. The number of thiophene rings is 1. The van der Waals surface area contributed by atoms with Crippen molar-refractivity contribution in [1.82, 2.24) is 20.6 Å². The van der Waals surface area contributed by atoms with Crippen LogP contribution in [0.25, 0.3) is 10.3 Å². The van der Waals surface area contributed by atoms with Gasteiger partial charge < -0.3 is 26.0 Å². The molecule has 3 atom stereocenters. The molecule has 9 heteroatoms. The van der Waals surface area contributed by atoms with Crippen molar-refractivity contribution in [1.29, 1.82) is 0 Å². The Morgan fingerprint density at radius 3 is 2.94 bits per heavy atom. The predicted molar refractivity (Wildman–Crippen MR) is 126 cm³/mol. The second-order valence-electron chi connectivity index (χ2n) is 9.03. The minimum Gasteiger partial charge on any atom is -0.491 e. The van der Waals surface area contributed by atoms with Crippen LogP contribution in [0.4, 0.5) is 11.4 Å². The zero-order valence-corrected chi connectivity index (χ0v) is 18.7. The van der Waals surface area contributed by atoms with Gasteiger partial charge in [0.15, 0.2) is 0 Å². The molecule has 4 N–H and O–H groups in total. The number of anilines is 2. The van der Waals surface area contributed by atoms with Gasteiger partial charge in [0.1, 0.15) is 27.6 Å². The normalized spacial score (nSPS) is 24.3. The largest absolute Gasteiger partial charge is 0.491 e. The maximum atomic E-state index is 12.9. The third-order valence-electron chi connectivity index (χ3n) is 6.64. The maximum Gasteiger partial charge on any atom is 0.263 e. The molecule has 166 valence electrons. The van der Waals surface area contributed by atoms with Gasteiger partial charge >= 0.3 is 0 Å². The van der Waals surface area contributed by atoms with Gasteiger partial charge in [-0.15, -0.1) is 11.3 Å². The quantitative estimate of drug-likeness (QED) is 0.562. The van der Waals surface area contributed by atoms with Gasteiger partial charge in [0.2, 0.25) is 0 Å². The van der Waals surface area contributed by atoms with Gasteiger partial charge in [0.25, 0.3) is 5.91 Å². The Bertz CT molecular complexity index is 1200. The highest BCUT2D eigenvalue weighted by molar-refractivity contribution is 7.21. The van der Waals surface area contributed by atoms with Crippen LogP contribution in [-0.2, 0) is 6.42 Å². The number of nitrogens with zero attached hydrogens (tertiary/aromatic N) is 3. The summed E-state index contributed by atoms with van der Waals surface area (Å²) in [7, 11) is 0. The molecular weight excluding hydrogens is 424 g/mol. The van der Waals surface area contributed by atoms with Crippen molar-refractivity contribution in [2.45, 2.75) is 44.3 Å². The lowest BCUT2D eigenvalue weighted by atomic mass is 10.0. The summed E-state index contributed by atoms with van der Waals surface area (Å²) in [4.78, 5) is 25.3. The number of nitrogens with two attached hydrogens (primary N) is 1. The number of carbonyl (C=O) groups excluding carboxylic acids is 1. The monoisotopic (exact) mass is 450 g/mol. The molecule has 3 aromatic rings. The number of aromatic nitrogens is 2. The summed E-state index contributed by atoms with van der Waals surface area (Å²) < 4.78 is 6.07. The molecule has 3 aliphatic rings. The summed E-state index contributed by atoms with van der Waals surface area (Å²) in [6.07, 6.45) is 4.92. The average molecular weight is 451 g/mol. The first kappa shape index (κ1) is 19.8. The van der Waals surface area contributed by atoms with Crippen molar-refractivity contribution in [3.63, 3.8) is 0 Å². The van der Waals surface area contributed by atoms with E-state index in [2.05, 4.69) is 43.7 Å². The number of hydrogen-bond donors (Lipinski definition) is 3. The van der Waals surface area contributed by atoms with Crippen molar-refractivity contribution in [2.24, 2.45) is 0 Å². The third kappa shape index (κ3) is 3.45.